The summed E-state index contributed by atoms with van der Waals surface area (Å²) in [4.78, 5) is 11.6. The van der Waals surface area contributed by atoms with E-state index >= 15 is 0 Å². The zero-order valence-corrected chi connectivity index (χ0v) is 11.2. The van der Waals surface area contributed by atoms with E-state index in [4.69, 9.17) is 5.73 Å². The van der Waals surface area contributed by atoms with Gasteiger partial charge in [-0.05, 0) is 24.7 Å². The van der Waals surface area contributed by atoms with Crippen molar-refractivity contribution in [2.45, 2.75) is 52.0 Å². The second-order valence-corrected chi connectivity index (χ2v) is 4.69. The average Bonchev–Trinajstić information content (AvgIpc) is 3.06. The van der Waals surface area contributed by atoms with Crippen molar-refractivity contribution in [1.82, 2.24) is 5.32 Å². The molecule has 1 fully saturated rings. The molecule has 1 saturated carbocycles. The van der Waals surface area contributed by atoms with Gasteiger partial charge >= 0.3 is 0 Å². The summed E-state index contributed by atoms with van der Waals surface area (Å²) in [7, 11) is 0. The first kappa shape index (κ1) is 15.7. The lowest BCUT2D eigenvalue weighted by molar-refractivity contribution is -0.122. The van der Waals surface area contributed by atoms with Crippen molar-refractivity contribution in [3.8, 4) is 0 Å². The van der Waals surface area contributed by atoms with Crippen LogP contribution in [0.5, 0.6) is 0 Å². The van der Waals surface area contributed by atoms with E-state index in [9.17, 15) is 4.79 Å². The number of halogens is 1. The average molecular weight is 249 g/mol. The highest BCUT2D eigenvalue weighted by molar-refractivity contribution is 5.85. The fourth-order valence-corrected chi connectivity index (χ4v) is 1.83. The molecule has 0 aromatic rings. The van der Waals surface area contributed by atoms with Crippen LogP contribution < -0.4 is 11.1 Å². The predicted octanol–water partition coefficient (Wildman–Crippen LogP) is 2.09. The molecule has 0 heterocycles. The molecule has 0 aromatic carbocycles. The molecule has 0 aliphatic heterocycles. The number of nitrogens with two attached hydrogens (primary N) is 1. The summed E-state index contributed by atoms with van der Waals surface area (Å²) >= 11 is 0. The topological polar surface area (TPSA) is 55.1 Å². The zero-order valence-electron chi connectivity index (χ0n) is 10.4. The van der Waals surface area contributed by atoms with Crippen LogP contribution in [0.1, 0.15) is 46.0 Å². The highest BCUT2D eigenvalue weighted by Crippen LogP contribution is 2.31. The van der Waals surface area contributed by atoms with Crippen LogP contribution in [0.15, 0.2) is 0 Å². The lowest BCUT2D eigenvalue weighted by atomic mass is 9.99. The molecule has 0 bridgehead atoms. The molecular weight excluding hydrogens is 224 g/mol. The summed E-state index contributed by atoms with van der Waals surface area (Å²) in [6.07, 6.45) is 5.30. The van der Waals surface area contributed by atoms with Crippen molar-refractivity contribution in [3.05, 3.63) is 0 Å². The Bertz CT molecular complexity index is 203. The van der Waals surface area contributed by atoms with Crippen LogP contribution in [-0.2, 0) is 4.79 Å². The van der Waals surface area contributed by atoms with E-state index < -0.39 is 0 Å². The zero-order chi connectivity index (χ0) is 11.3. The van der Waals surface area contributed by atoms with E-state index in [0.29, 0.717) is 24.8 Å². The quantitative estimate of drug-likeness (QED) is 0.725. The maximum Gasteiger partial charge on any atom is 0.220 e. The van der Waals surface area contributed by atoms with Gasteiger partial charge in [-0.15, -0.1) is 12.4 Å². The van der Waals surface area contributed by atoms with Gasteiger partial charge in [0.25, 0.3) is 0 Å². The molecule has 1 unspecified atom stereocenters. The van der Waals surface area contributed by atoms with Gasteiger partial charge in [0, 0.05) is 19.0 Å². The molecule has 0 aromatic heterocycles. The van der Waals surface area contributed by atoms with Crippen LogP contribution >= 0.6 is 12.4 Å². The van der Waals surface area contributed by atoms with Gasteiger partial charge in [0.2, 0.25) is 5.91 Å². The smallest absolute Gasteiger partial charge is 0.220 e. The van der Waals surface area contributed by atoms with Crippen molar-refractivity contribution < 1.29 is 4.79 Å². The third kappa shape index (κ3) is 5.71. The van der Waals surface area contributed by atoms with Crippen molar-refractivity contribution >= 4 is 18.3 Å². The molecule has 0 spiro atoms. The van der Waals surface area contributed by atoms with E-state index in [0.717, 1.165) is 12.8 Å². The number of carbonyl (C=O) groups is 1. The Balaban J connectivity index is 0.00000225. The fraction of sp³-hybridized carbons (Fsp3) is 0.917. The van der Waals surface area contributed by atoms with Crippen LogP contribution in [0, 0.1) is 11.8 Å². The summed E-state index contributed by atoms with van der Waals surface area (Å²) in [6.45, 7) is 4.93. The monoisotopic (exact) mass is 248 g/mol. The van der Waals surface area contributed by atoms with Gasteiger partial charge in [-0.25, -0.2) is 0 Å². The van der Waals surface area contributed by atoms with Gasteiger partial charge in [0.15, 0.2) is 0 Å². The predicted molar refractivity (Wildman–Crippen MR) is 69.6 cm³/mol. The van der Waals surface area contributed by atoms with Gasteiger partial charge in [0.05, 0.1) is 0 Å². The van der Waals surface area contributed by atoms with Crippen molar-refractivity contribution in [2.75, 3.05) is 6.54 Å². The highest BCUT2D eigenvalue weighted by Gasteiger charge is 2.28. The Kier molecular flexibility index (Phi) is 7.77. The number of hydrogen-bond acceptors (Lipinski definition) is 2. The Morgan fingerprint density at radius 3 is 2.38 bits per heavy atom. The third-order valence-electron chi connectivity index (χ3n) is 3.39. The van der Waals surface area contributed by atoms with Crippen LogP contribution in [0.25, 0.3) is 0 Å². The molecular formula is C12H25ClN2O. The van der Waals surface area contributed by atoms with E-state index in [1.54, 1.807) is 0 Å². The van der Waals surface area contributed by atoms with Crippen LogP contribution in [0.3, 0.4) is 0 Å². The molecule has 1 aliphatic carbocycles. The number of carbonyl (C=O) groups excluding carboxylic acids is 1. The van der Waals surface area contributed by atoms with Crippen LogP contribution in [-0.4, -0.2) is 18.5 Å². The molecule has 0 radical (unpaired) electrons. The Morgan fingerprint density at radius 1 is 1.38 bits per heavy atom. The van der Waals surface area contributed by atoms with Crippen molar-refractivity contribution in [2.24, 2.45) is 17.6 Å². The van der Waals surface area contributed by atoms with Gasteiger partial charge in [-0.1, -0.05) is 26.7 Å². The SMILES string of the molecule is CCC(CC)CC(=O)NCC(N)C1CC1.Cl. The first-order valence-electron chi connectivity index (χ1n) is 6.19. The maximum absolute atomic E-state index is 11.6. The minimum absolute atomic E-state index is 0. The minimum atomic E-state index is 0. The fourth-order valence-electron chi connectivity index (χ4n) is 1.83. The molecule has 96 valence electrons. The van der Waals surface area contributed by atoms with Crippen molar-refractivity contribution in [3.63, 3.8) is 0 Å². The molecule has 3 nitrogen and oxygen atoms in total. The van der Waals surface area contributed by atoms with Gasteiger partial charge in [-0.2, -0.15) is 0 Å². The van der Waals surface area contributed by atoms with Crippen molar-refractivity contribution in [1.29, 1.82) is 0 Å². The highest BCUT2D eigenvalue weighted by atomic mass is 35.5. The normalized spacial score (nSPS) is 16.8. The molecule has 16 heavy (non-hydrogen) atoms. The standard InChI is InChI=1S/C12H24N2O.ClH/c1-3-9(4-2)7-12(15)14-8-11(13)10-5-6-10;/h9-11H,3-8,13H2,1-2H3,(H,14,15);1H. The summed E-state index contributed by atoms with van der Waals surface area (Å²) in [5.41, 5.74) is 5.91. The molecule has 1 amide bonds. The molecule has 1 rings (SSSR count). The number of rotatable bonds is 7. The molecule has 1 aliphatic rings. The Hall–Kier alpha value is -0.280. The molecule has 4 heteroatoms. The Labute approximate surface area is 105 Å². The lowest BCUT2D eigenvalue weighted by Gasteiger charge is -2.14. The third-order valence-corrected chi connectivity index (χ3v) is 3.39. The number of hydrogen-bond donors (Lipinski definition) is 2. The maximum atomic E-state index is 11.6. The first-order chi connectivity index (χ1) is 7.17. The molecule has 0 saturated heterocycles. The molecule has 3 N–H and O–H groups in total. The van der Waals surface area contributed by atoms with Crippen LogP contribution in [0.4, 0.5) is 0 Å². The largest absolute Gasteiger partial charge is 0.355 e. The summed E-state index contributed by atoms with van der Waals surface area (Å²) in [6, 6.07) is 0.177. The molecule has 1 atom stereocenters. The van der Waals surface area contributed by atoms with E-state index in [2.05, 4.69) is 19.2 Å². The number of nitrogens with one attached hydrogen (secondary N) is 1. The lowest BCUT2D eigenvalue weighted by Crippen LogP contribution is -2.39. The summed E-state index contributed by atoms with van der Waals surface area (Å²) in [5, 5.41) is 2.94. The van der Waals surface area contributed by atoms with Crippen LogP contribution in [0.2, 0.25) is 0 Å². The minimum Gasteiger partial charge on any atom is -0.355 e. The second-order valence-electron chi connectivity index (χ2n) is 4.69. The van der Waals surface area contributed by atoms with Gasteiger partial charge in [0.1, 0.15) is 0 Å². The Morgan fingerprint density at radius 2 is 1.94 bits per heavy atom. The van der Waals surface area contributed by atoms with Gasteiger partial charge < -0.3 is 11.1 Å². The summed E-state index contributed by atoms with van der Waals surface area (Å²) in [5.74, 6) is 1.36. The first-order valence-corrected chi connectivity index (χ1v) is 6.19. The van der Waals surface area contributed by atoms with E-state index in [1.807, 2.05) is 0 Å². The van der Waals surface area contributed by atoms with E-state index in [-0.39, 0.29) is 24.4 Å². The summed E-state index contributed by atoms with van der Waals surface area (Å²) < 4.78 is 0. The van der Waals surface area contributed by atoms with Gasteiger partial charge in [-0.3, -0.25) is 4.79 Å². The second kappa shape index (κ2) is 7.91. The van der Waals surface area contributed by atoms with E-state index in [1.165, 1.54) is 12.8 Å². The number of amides is 1.